The Labute approximate surface area is 81.7 Å². The van der Waals surface area contributed by atoms with Crippen LogP contribution in [0.2, 0.25) is 0 Å². The molecule has 0 N–H and O–H groups in total. The van der Waals surface area contributed by atoms with E-state index >= 15 is 0 Å². The highest BCUT2D eigenvalue weighted by Crippen LogP contribution is 2.28. The summed E-state index contributed by atoms with van der Waals surface area (Å²) in [6.07, 6.45) is 0. The first-order valence-corrected chi connectivity index (χ1v) is 4.07. The summed E-state index contributed by atoms with van der Waals surface area (Å²) >= 11 is 0. The van der Waals surface area contributed by atoms with Crippen molar-refractivity contribution in [3.05, 3.63) is 0 Å². The van der Waals surface area contributed by atoms with Crippen molar-refractivity contribution in [3.63, 3.8) is 0 Å². The SMILES string of the molecule is COC(=O)C1(C(=O)OC)CON(C)C1. The molecule has 0 saturated carbocycles. The van der Waals surface area contributed by atoms with Crippen molar-refractivity contribution in [2.24, 2.45) is 5.41 Å². The lowest BCUT2D eigenvalue weighted by molar-refractivity contribution is -0.168. The van der Waals surface area contributed by atoms with E-state index in [1.807, 2.05) is 0 Å². The fraction of sp³-hybridized carbons (Fsp3) is 0.750. The van der Waals surface area contributed by atoms with Crippen molar-refractivity contribution in [1.29, 1.82) is 0 Å². The van der Waals surface area contributed by atoms with Gasteiger partial charge in [0.1, 0.15) is 0 Å². The Morgan fingerprint density at radius 3 is 2.07 bits per heavy atom. The smallest absolute Gasteiger partial charge is 0.327 e. The van der Waals surface area contributed by atoms with E-state index in [0.717, 1.165) is 0 Å². The van der Waals surface area contributed by atoms with Gasteiger partial charge in [0.15, 0.2) is 0 Å². The Morgan fingerprint density at radius 1 is 1.29 bits per heavy atom. The molecule has 0 aliphatic carbocycles. The number of ether oxygens (including phenoxy) is 2. The molecule has 0 aromatic rings. The van der Waals surface area contributed by atoms with Gasteiger partial charge in [0.25, 0.3) is 0 Å². The van der Waals surface area contributed by atoms with Gasteiger partial charge in [0.2, 0.25) is 5.41 Å². The van der Waals surface area contributed by atoms with E-state index in [2.05, 4.69) is 9.47 Å². The summed E-state index contributed by atoms with van der Waals surface area (Å²) in [5.74, 6) is -1.26. The monoisotopic (exact) mass is 203 g/mol. The molecule has 14 heavy (non-hydrogen) atoms. The van der Waals surface area contributed by atoms with Crippen LogP contribution in [0.4, 0.5) is 0 Å². The van der Waals surface area contributed by atoms with Gasteiger partial charge in [-0.2, -0.15) is 5.06 Å². The van der Waals surface area contributed by atoms with Gasteiger partial charge in [0.05, 0.1) is 27.4 Å². The second-order valence-electron chi connectivity index (χ2n) is 3.12. The minimum atomic E-state index is -1.34. The lowest BCUT2D eigenvalue weighted by atomic mass is 9.90. The largest absolute Gasteiger partial charge is 0.468 e. The number of hydroxylamine groups is 2. The number of carbonyl (C=O) groups is 2. The number of carbonyl (C=O) groups excluding carboxylic acids is 2. The van der Waals surface area contributed by atoms with Gasteiger partial charge < -0.3 is 9.47 Å². The van der Waals surface area contributed by atoms with Crippen molar-refractivity contribution in [3.8, 4) is 0 Å². The van der Waals surface area contributed by atoms with Gasteiger partial charge >= 0.3 is 11.9 Å². The van der Waals surface area contributed by atoms with Crippen LogP contribution >= 0.6 is 0 Å². The minimum absolute atomic E-state index is 0.0388. The van der Waals surface area contributed by atoms with E-state index in [4.69, 9.17) is 4.84 Å². The molecular formula is C8H13NO5. The fourth-order valence-electron chi connectivity index (χ4n) is 1.41. The lowest BCUT2D eigenvalue weighted by Gasteiger charge is -2.20. The average Bonchev–Trinajstić information content (AvgIpc) is 2.59. The Bertz CT molecular complexity index is 236. The first-order chi connectivity index (χ1) is 6.56. The van der Waals surface area contributed by atoms with Crippen molar-refractivity contribution in [2.75, 3.05) is 34.4 Å². The topological polar surface area (TPSA) is 65.1 Å². The average molecular weight is 203 g/mol. The maximum absolute atomic E-state index is 11.5. The van der Waals surface area contributed by atoms with E-state index in [-0.39, 0.29) is 13.2 Å². The zero-order chi connectivity index (χ0) is 10.8. The maximum atomic E-state index is 11.5. The standard InChI is InChI=1S/C8H13NO5/c1-9-4-8(5-14-9,6(10)12-2)7(11)13-3/h4-5H2,1-3H3. The van der Waals surface area contributed by atoms with Gasteiger partial charge in [-0.25, -0.2) is 0 Å². The third kappa shape index (κ3) is 1.58. The molecule has 6 nitrogen and oxygen atoms in total. The van der Waals surface area contributed by atoms with Crippen LogP contribution in [0, 0.1) is 5.41 Å². The predicted molar refractivity (Wildman–Crippen MR) is 45.0 cm³/mol. The van der Waals surface area contributed by atoms with Crippen LogP contribution < -0.4 is 0 Å². The molecule has 80 valence electrons. The van der Waals surface area contributed by atoms with Crippen LogP contribution in [0.1, 0.15) is 0 Å². The third-order valence-electron chi connectivity index (χ3n) is 2.18. The number of hydrogen-bond donors (Lipinski definition) is 0. The van der Waals surface area contributed by atoms with Crippen LogP contribution in [-0.4, -0.2) is 51.4 Å². The summed E-state index contributed by atoms with van der Waals surface area (Å²) in [6, 6.07) is 0. The third-order valence-corrected chi connectivity index (χ3v) is 2.18. The van der Waals surface area contributed by atoms with Crippen LogP contribution in [0.3, 0.4) is 0 Å². The molecule has 6 heteroatoms. The second kappa shape index (κ2) is 3.93. The first kappa shape index (κ1) is 10.9. The fourth-order valence-corrected chi connectivity index (χ4v) is 1.41. The molecule has 1 fully saturated rings. The van der Waals surface area contributed by atoms with E-state index in [1.165, 1.54) is 19.3 Å². The van der Waals surface area contributed by atoms with Crippen molar-refractivity contribution >= 4 is 11.9 Å². The molecular weight excluding hydrogens is 190 g/mol. The van der Waals surface area contributed by atoms with Gasteiger partial charge in [-0.1, -0.05) is 0 Å². The van der Waals surface area contributed by atoms with Gasteiger partial charge in [-0.15, -0.1) is 0 Å². The number of hydrogen-bond acceptors (Lipinski definition) is 6. The summed E-state index contributed by atoms with van der Waals surface area (Å²) in [5.41, 5.74) is -1.34. The highest BCUT2D eigenvalue weighted by Gasteiger charge is 2.54. The van der Waals surface area contributed by atoms with Crippen molar-refractivity contribution < 1.29 is 23.9 Å². The van der Waals surface area contributed by atoms with E-state index < -0.39 is 17.4 Å². The Kier molecular flexibility index (Phi) is 3.07. The zero-order valence-corrected chi connectivity index (χ0v) is 8.40. The summed E-state index contributed by atoms with van der Waals surface area (Å²) < 4.78 is 9.12. The van der Waals surface area contributed by atoms with Crippen LogP contribution in [0.5, 0.6) is 0 Å². The Hall–Kier alpha value is -1.14. The number of methoxy groups -OCH3 is 2. The molecule has 1 rings (SSSR count). The van der Waals surface area contributed by atoms with Crippen LogP contribution in [0.25, 0.3) is 0 Å². The Balaban J connectivity index is 2.91. The molecule has 1 aliphatic heterocycles. The molecule has 1 aliphatic rings. The molecule has 0 aromatic carbocycles. The molecule has 0 radical (unpaired) electrons. The molecule has 1 heterocycles. The molecule has 0 bridgehead atoms. The molecule has 0 amide bonds. The second-order valence-corrected chi connectivity index (χ2v) is 3.12. The molecule has 0 spiro atoms. The molecule has 1 saturated heterocycles. The zero-order valence-electron chi connectivity index (χ0n) is 8.40. The number of nitrogens with zero attached hydrogens (tertiary/aromatic N) is 1. The minimum Gasteiger partial charge on any atom is -0.468 e. The maximum Gasteiger partial charge on any atom is 0.327 e. The predicted octanol–water partition coefficient (Wildman–Crippen LogP) is -0.804. The number of esters is 2. The summed E-state index contributed by atoms with van der Waals surface area (Å²) in [5, 5.41) is 1.41. The highest BCUT2D eigenvalue weighted by atomic mass is 16.7. The molecule has 0 unspecified atom stereocenters. The van der Waals surface area contributed by atoms with Gasteiger partial charge in [0, 0.05) is 7.05 Å². The van der Waals surface area contributed by atoms with E-state index in [1.54, 1.807) is 7.05 Å². The molecule has 0 aromatic heterocycles. The number of rotatable bonds is 2. The lowest BCUT2D eigenvalue weighted by Crippen LogP contribution is -2.45. The summed E-state index contributed by atoms with van der Waals surface area (Å²) in [4.78, 5) is 28.0. The van der Waals surface area contributed by atoms with Gasteiger partial charge in [-0.3, -0.25) is 14.4 Å². The Morgan fingerprint density at radius 2 is 1.79 bits per heavy atom. The van der Waals surface area contributed by atoms with Crippen molar-refractivity contribution in [1.82, 2.24) is 5.06 Å². The van der Waals surface area contributed by atoms with Gasteiger partial charge in [-0.05, 0) is 0 Å². The molecule has 0 atom stereocenters. The summed E-state index contributed by atoms with van der Waals surface area (Å²) in [6.45, 7) is 0.106. The highest BCUT2D eigenvalue weighted by molar-refractivity contribution is 6.00. The van der Waals surface area contributed by atoms with E-state index in [0.29, 0.717) is 0 Å². The van der Waals surface area contributed by atoms with Crippen LogP contribution in [0.15, 0.2) is 0 Å². The van der Waals surface area contributed by atoms with E-state index in [9.17, 15) is 9.59 Å². The normalized spacial score (nSPS) is 20.5. The van der Waals surface area contributed by atoms with Crippen molar-refractivity contribution in [2.45, 2.75) is 0 Å². The van der Waals surface area contributed by atoms with Crippen LogP contribution in [-0.2, 0) is 23.9 Å². The quantitative estimate of drug-likeness (QED) is 0.432. The summed E-state index contributed by atoms with van der Waals surface area (Å²) in [7, 11) is 4.09. The first-order valence-electron chi connectivity index (χ1n) is 4.07.